The number of anilines is 1. The molecule has 1 atom stereocenters. The Kier molecular flexibility index (Phi) is 11.3. The first-order valence-electron chi connectivity index (χ1n) is 18.3. The summed E-state index contributed by atoms with van der Waals surface area (Å²) in [6, 6.07) is 29.1. The summed E-state index contributed by atoms with van der Waals surface area (Å²) in [5.74, 6) is -0.230. The lowest BCUT2D eigenvalue weighted by Crippen LogP contribution is -2.59. The smallest absolute Gasteiger partial charge is 0.457 e. The molecule has 2 heterocycles. The van der Waals surface area contributed by atoms with Crippen molar-refractivity contribution in [2.75, 3.05) is 11.4 Å². The Morgan fingerprint density at radius 3 is 2.29 bits per heavy atom. The second-order valence-electron chi connectivity index (χ2n) is 14.9. The molecule has 0 aliphatic rings. The normalized spacial score (nSPS) is 13.0. The highest BCUT2D eigenvalue weighted by Crippen LogP contribution is 2.45. The van der Waals surface area contributed by atoms with E-state index in [1.54, 1.807) is 43.1 Å². The molecule has 2 amide bonds. The van der Waals surface area contributed by atoms with Crippen LogP contribution >= 0.6 is 7.82 Å². The van der Waals surface area contributed by atoms with Crippen molar-refractivity contribution in [2.45, 2.75) is 71.9 Å². The number of ether oxygens (including phenoxy) is 1. The quantitative estimate of drug-likeness (QED) is 0.0974. The molecule has 292 valence electrons. The molecule has 0 spiro atoms. The molecule has 0 fully saturated rings. The van der Waals surface area contributed by atoms with Crippen LogP contribution in [-0.2, 0) is 32.5 Å². The van der Waals surface area contributed by atoms with E-state index in [9.17, 15) is 28.7 Å². The molecule has 0 saturated carbocycles. The number of nitrogens with zero attached hydrogens (tertiary/aromatic N) is 2. The van der Waals surface area contributed by atoms with Crippen LogP contribution in [0, 0.1) is 13.8 Å². The van der Waals surface area contributed by atoms with Gasteiger partial charge in [0.2, 0.25) is 5.91 Å². The molecule has 13 heteroatoms. The molecule has 12 nitrogen and oxygen atoms in total. The van der Waals surface area contributed by atoms with E-state index < -0.39 is 24.9 Å². The minimum absolute atomic E-state index is 0.00354. The van der Waals surface area contributed by atoms with Crippen LogP contribution < -0.4 is 14.7 Å². The van der Waals surface area contributed by atoms with Gasteiger partial charge in [0.1, 0.15) is 22.6 Å². The summed E-state index contributed by atoms with van der Waals surface area (Å²) in [6.45, 7) is 10.9. The molecule has 3 N–H and O–H groups in total. The fourth-order valence-corrected chi connectivity index (χ4v) is 7.95. The Morgan fingerprint density at radius 2 is 1.59 bits per heavy atom. The molecule has 2 aromatic heterocycles. The van der Waals surface area contributed by atoms with Crippen molar-refractivity contribution >= 4 is 53.3 Å². The summed E-state index contributed by atoms with van der Waals surface area (Å²) >= 11 is 0. The van der Waals surface area contributed by atoms with Crippen molar-refractivity contribution in [3.8, 4) is 5.75 Å². The summed E-state index contributed by atoms with van der Waals surface area (Å²) in [5.41, 5.74) is 2.00. The van der Waals surface area contributed by atoms with Crippen LogP contribution in [0.5, 0.6) is 5.75 Å². The van der Waals surface area contributed by atoms with Crippen LogP contribution in [0.3, 0.4) is 0 Å². The molecule has 0 saturated heterocycles. The number of likely N-dealkylation sites (N-methyl/N-ethyl adjacent to an activating group) is 1. The van der Waals surface area contributed by atoms with Crippen molar-refractivity contribution in [1.82, 2.24) is 9.88 Å². The maximum atomic E-state index is 14.6. The number of aryl methyl sites for hydroxylation is 2. The third-order valence-electron chi connectivity index (χ3n) is 9.84. The molecule has 0 aliphatic heterocycles. The van der Waals surface area contributed by atoms with Gasteiger partial charge < -0.3 is 23.9 Å². The first-order chi connectivity index (χ1) is 26.5. The van der Waals surface area contributed by atoms with Crippen molar-refractivity contribution in [2.24, 2.45) is 0 Å². The van der Waals surface area contributed by atoms with Crippen LogP contribution in [0.1, 0.15) is 66.9 Å². The molecule has 0 aliphatic carbocycles. The van der Waals surface area contributed by atoms with Crippen LogP contribution in [0.15, 0.2) is 108 Å². The zero-order valence-electron chi connectivity index (χ0n) is 32.2. The van der Waals surface area contributed by atoms with Gasteiger partial charge in [-0.1, -0.05) is 74.5 Å². The summed E-state index contributed by atoms with van der Waals surface area (Å²) in [4.78, 5) is 63.5. The van der Waals surface area contributed by atoms with Crippen molar-refractivity contribution in [1.29, 1.82) is 0 Å². The third-order valence-corrected chi connectivity index (χ3v) is 10.3. The number of nitrogens with one attached hydrogen (secondary N) is 1. The van der Waals surface area contributed by atoms with Gasteiger partial charge in [-0.25, -0.2) is 9.36 Å². The number of alkyl carbamates (subject to hydrolysis) is 1. The molecule has 6 rings (SSSR count). The van der Waals surface area contributed by atoms with E-state index in [-0.39, 0.29) is 37.0 Å². The first kappa shape index (κ1) is 40.0. The second kappa shape index (κ2) is 15.8. The highest BCUT2D eigenvalue weighted by atomic mass is 31.2. The topological polar surface area (TPSA) is 161 Å². The molecular formula is C43H46N3O9P. The van der Waals surface area contributed by atoms with Gasteiger partial charge in [-0.2, -0.15) is 0 Å². The van der Waals surface area contributed by atoms with E-state index in [2.05, 4.69) is 5.32 Å². The number of hydrogen-bond donors (Lipinski definition) is 3. The number of phosphoric ester groups is 1. The largest absolute Gasteiger partial charge is 0.524 e. The number of hydrogen-bond acceptors (Lipinski definition) is 7. The second-order valence-corrected chi connectivity index (χ2v) is 16.0. The average Bonchev–Trinajstić information content (AvgIpc) is 3.71. The number of furan rings is 1. The minimum Gasteiger partial charge on any atom is -0.457 e. The highest BCUT2D eigenvalue weighted by molar-refractivity contribution is 7.46. The SMILES string of the molecule is CCN(C(=O)C(C)(Cc1cn(C(=O)CC(C)(C)c2c(C)cc(C)cc2OP(=O)(O)O)c2ccccc12)NC(=O)OCc1cc2ccccc2o1)c1ccccc1. The van der Waals surface area contributed by atoms with E-state index in [1.165, 1.54) is 4.57 Å². The fourth-order valence-electron chi connectivity index (χ4n) is 7.55. The van der Waals surface area contributed by atoms with Crippen LogP contribution in [0.25, 0.3) is 21.9 Å². The van der Waals surface area contributed by atoms with Gasteiger partial charge in [-0.15, -0.1) is 0 Å². The number of aromatic nitrogens is 1. The number of rotatable bonds is 13. The molecule has 4 aromatic carbocycles. The number of amides is 2. The Labute approximate surface area is 325 Å². The molecule has 1 unspecified atom stereocenters. The standard InChI is InChI=1S/C43H46N3O9P/c1-7-45(32-16-9-8-10-17-32)40(48)43(6,44-41(49)53-27-33-23-30-15-11-14-20-36(30)54-33)24-31-26-46(35-19-13-12-18-34(31)35)38(47)25-42(4,5)39-29(3)21-28(2)22-37(39)55-56(50,51)52/h8-23,26H,7,24-25,27H2,1-6H3,(H,44,49)(H2,50,51,52). The Hall–Kier alpha value is -5.68. The van der Waals surface area contributed by atoms with Gasteiger partial charge in [-0.3, -0.25) is 23.9 Å². The molecule has 0 radical (unpaired) electrons. The van der Waals surface area contributed by atoms with E-state index in [0.29, 0.717) is 45.6 Å². The highest BCUT2D eigenvalue weighted by Gasteiger charge is 2.40. The Morgan fingerprint density at radius 1 is 0.911 bits per heavy atom. The first-order valence-corrected chi connectivity index (χ1v) is 19.8. The van der Waals surface area contributed by atoms with Crippen molar-refractivity contribution in [3.63, 3.8) is 0 Å². The van der Waals surface area contributed by atoms with Gasteiger partial charge >= 0.3 is 13.9 Å². The molecule has 56 heavy (non-hydrogen) atoms. The summed E-state index contributed by atoms with van der Waals surface area (Å²) in [5, 5.41) is 4.43. The average molecular weight is 780 g/mol. The number of carbonyl (C=O) groups is 3. The fraction of sp³-hybridized carbons (Fsp3) is 0.279. The van der Waals surface area contributed by atoms with Gasteiger partial charge in [0, 0.05) is 53.0 Å². The Balaban J connectivity index is 1.33. The molecule has 6 aromatic rings. The third kappa shape index (κ3) is 8.73. The van der Waals surface area contributed by atoms with Gasteiger partial charge in [0.25, 0.3) is 5.91 Å². The monoisotopic (exact) mass is 779 g/mol. The number of fused-ring (bicyclic) bond motifs is 2. The number of benzene rings is 4. The van der Waals surface area contributed by atoms with Gasteiger partial charge in [0.05, 0.1) is 5.52 Å². The van der Waals surface area contributed by atoms with Crippen LogP contribution in [0.2, 0.25) is 0 Å². The lowest BCUT2D eigenvalue weighted by atomic mass is 9.78. The van der Waals surface area contributed by atoms with Crippen molar-refractivity contribution < 1.29 is 42.4 Å². The Bertz CT molecular complexity index is 2430. The lowest BCUT2D eigenvalue weighted by molar-refractivity contribution is -0.124. The zero-order valence-corrected chi connectivity index (χ0v) is 33.1. The maximum absolute atomic E-state index is 14.6. The van der Waals surface area contributed by atoms with E-state index >= 15 is 0 Å². The zero-order chi connectivity index (χ0) is 40.4. The molecular weight excluding hydrogens is 733 g/mol. The predicted molar refractivity (Wildman–Crippen MR) is 215 cm³/mol. The number of phosphoric acid groups is 1. The molecule has 0 bridgehead atoms. The number of carbonyl (C=O) groups excluding carboxylic acids is 3. The van der Waals surface area contributed by atoms with E-state index in [4.69, 9.17) is 13.7 Å². The maximum Gasteiger partial charge on any atom is 0.524 e. The summed E-state index contributed by atoms with van der Waals surface area (Å²) in [7, 11) is -4.90. The predicted octanol–water partition coefficient (Wildman–Crippen LogP) is 8.76. The lowest BCUT2D eigenvalue weighted by Gasteiger charge is -2.34. The van der Waals surface area contributed by atoms with E-state index in [0.717, 1.165) is 16.5 Å². The van der Waals surface area contributed by atoms with Crippen LogP contribution in [0.4, 0.5) is 10.5 Å². The van der Waals surface area contributed by atoms with E-state index in [1.807, 2.05) is 107 Å². The van der Waals surface area contributed by atoms with Gasteiger partial charge in [-0.05, 0) is 80.8 Å². The van der Waals surface area contributed by atoms with Crippen LogP contribution in [-0.4, -0.2) is 44.3 Å². The minimum atomic E-state index is -4.90. The number of para-hydroxylation sites is 3. The van der Waals surface area contributed by atoms with Gasteiger partial charge in [0.15, 0.2) is 6.61 Å². The summed E-state index contributed by atoms with van der Waals surface area (Å²) in [6.07, 6.45) is 0.793. The van der Waals surface area contributed by atoms with Crippen molar-refractivity contribution in [3.05, 3.63) is 131 Å². The summed E-state index contributed by atoms with van der Waals surface area (Å²) < 4.78 is 30.0.